The first kappa shape index (κ1) is 17.6. The Morgan fingerprint density at radius 3 is 2.97 bits per heavy atom. The molecule has 0 bridgehead atoms. The largest absolute Gasteiger partial charge is 0.497 e. The number of imidazole rings is 1. The van der Waals surface area contributed by atoms with Gasteiger partial charge in [0.05, 0.1) is 25.0 Å². The monoisotopic (exact) mass is 387 g/mol. The summed E-state index contributed by atoms with van der Waals surface area (Å²) in [4.78, 5) is 23.0. The first-order valence-electron chi connectivity index (χ1n) is 9.72. The van der Waals surface area contributed by atoms with E-state index >= 15 is 0 Å². The van der Waals surface area contributed by atoms with Gasteiger partial charge in [-0.25, -0.2) is 4.98 Å². The molecule has 146 valence electrons. The summed E-state index contributed by atoms with van der Waals surface area (Å²) in [6, 6.07) is 17.2. The third-order valence-electron chi connectivity index (χ3n) is 5.44. The lowest BCUT2D eigenvalue weighted by Gasteiger charge is -2.22. The summed E-state index contributed by atoms with van der Waals surface area (Å²) in [6.45, 7) is 0.690. The predicted octanol–water partition coefficient (Wildman–Crippen LogP) is 4.81. The van der Waals surface area contributed by atoms with E-state index in [0.717, 1.165) is 46.6 Å². The molecular formula is C23H21N3O3. The van der Waals surface area contributed by atoms with Crippen molar-refractivity contribution in [2.24, 2.45) is 0 Å². The van der Waals surface area contributed by atoms with Gasteiger partial charge in [-0.1, -0.05) is 30.3 Å². The number of fused-ring (bicyclic) bond motifs is 1. The van der Waals surface area contributed by atoms with Crippen LogP contribution in [0.4, 0.5) is 0 Å². The van der Waals surface area contributed by atoms with Crippen LogP contribution in [-0.4, -0.2) is 34.4 Å². The number of likely N-dealkylation sites (tertiary alicyclic amines) is 1. The van der Waals surface area contributed by atoms with Crippen LogP contribution in [0, 0.1) is 0 Å². The zero-order valence-electron chi connectivity index (χ0n) is 16.1. The molecule has 29 heavy (non-hydrogen) atoms. The zero-order valence-corrected chi connectivity index (χ0v) is 16.1. The average molecular weight is 387 g/mol. The number of nitrogens with zero attached hydrogens (tertiary/aromatic N) is 2. The number of carbonyl (C=O) groups excluding carboxylic acids is 1. The van der Waals surface area contributed by atoms with Crippen LogP contribution in [0.3, 0.4) is 0 Å². The summed E-state index contributed by atoms with van der Waals surface area (Å²) in [5.74, 6) is 1.87. The highest BCUT2D eigenvalue weighted by atomic mass is 16.5. The van der Waals surface area contributed by atoms with Crippen LogP contribution in [0.1, 0.15) is 35.3 Å². The highest BCUT2D eigenvalue weighted by molar-refractivity contribution is 5.96. The normalized spacial score (nSPS) is 16.4. The Balaban J connectivity index is 1.42. The topological polar surface area (TPSA) is 71.4 Å². The lowest BCUT2D eigenvalue weighted by atomic mass is 10.1. The number of rotatable bonds is 4. The summed E-state index contributed by atoms with van der Waals surface area (Å²) in [5, 5.41) is 0.935. The van der Waals surface area contributed by atoms with Crippen LogP contribution in [0.5, 0.6) is 5.75 Å². The molecule has 1 atom stereocenters. The van der Waals surface area contributed by atoms with Gasteiger partial charge in [-0.3, -0.25) is 4.79 Å². The van der Waals surface area contributed by atoms with E-state index in [1.165, 1.54) is 0 Å². The van der Waals surface area contributed by atoms with E-state index < -0.39 is 0 Å². The summed E-state index contributed by atoms with van der Waals surface area (Å²) >= 11 is 0. The van der Waals surface area contributed by atoms with Crippen molar-refractivity contribution in [2.75, 3.05) is 13.7 Å². The van der Waals surface area contributed by atoms with Crippen molar-refractivity contribution in [1.82, 2.24) is 14.9 Å². The second kappa shape index (κ2) is 7.13. The molecule has 1 N–H and O–H groups in total. The van der Waals surface area contributed by atoms with Gasteiger partial charge in [-0.15, -0.1) is 0 Å². The van der Waals surface area contributed by atoms with Crippen molar-refractivity contribution in [3.63, 3.8) is 0 Å². The van der Waals surface area contributed by atoms with E-state index in [1.54, 1.807) is 7.11 Å². The van der Waals surface area contributed by atoms with E-state index in [1.807, 2.05) is 65.7 Å². The van der Waals surface area contributed by atoms with Gasteiger partial charge in [0.2, 0.25) is 0 Å². The second-order valence-corrected chi connectivity index (χ2v) is 7.22. The molecule has 6 heteroatoms. The number of H-pyrrole nitrogens is 1. The number of methoxy groups -OCH3 is 1. The fourth-order valence-electron chi connectivity index (χ4n) is 3.97. The number of hydrogen-bond donors (Lipinski definition) is 1. The van der Waals surface area contributed by atoms with Crippen LogP contribution in [0.2, 0.25) is 0 Å². The van der Waals surface area contributed by atoms with Gasteiger partial charge in [-0.2, -0.15) is 0 Å². The molecule has 2 aromatic carbocycles. The third kappa shape index (κ3) is 3.16. The molecule has 0 radical (unpaired) electrons. The molecule has 6 nitrogen and oxygen atoms in total. The molecule has 0 saturated carbocycles. The number of carbonyl (C=O) groups is 1. The molecule has 1 saturated heterocycles. The number of furan rings is 1. The van der Waals surface area contributed by atoms with E-state index in [2.05, 4.69) is 9.97 Å². The maximum atomic E-state index is 13.1. The quantitative estimate of drug-likeness (QED) is 0.545. The van der Waals surface area contributed by atoms with Crippen molar-refractivity contribution in [3.05, 3.63) is 72.4 Å². The summed E-state index contributed by atoms with van der Waals surface area (Å²) in [7, 11) is 1.65. The Hall–Kier alpha value is -3.54. The van der Waals surface area contributed by atoms with Gasteiger partial charge in [-0.05, 0) is 37.1 Å². The molecule has 0 aliphatic carbocycles. The van der Waals surface area contributed by atoms with Crippen LogP contribution in [-0.2, 0) is 0 Å². The van der Waals surface area contributed by atoms with Gasteiger partial charge >= 0.3 is 0 Å². The molecule has 3 heterocycles. The van der Waals surface area contributed by atoms with E-state index in [9.17, 15) is 4.79 Å². The van der Waals surface area contributed by atoms with Crippen molar-refractivity contribution >= 4 is 16.9 Å². The number of ether oxygens (including phenoxy) is 1. The minimum Gasteiger partial charge on any atom is -0.497 e. The van der Waals surface area contributed by atoms with Gasteiger partial charge in [0.15, 0.2) is 5.76 Å². The highest BCUT2D eigenvalue weighted by Gasteiger charge is 2.34. The fourth-order valence-corrected chi connectivity index (χ4v) is 3.97. The summed E-state index contributed by atoms with van der Waals surface area (Å²) in [6.07, 6.45) is 3.62. The van der Waals surface area contributed by atoms with Crippen molar-refractivity contribution in [3.8, 4) is 17.0 Å². The van der Waals surface area contributed by atoms with E-state index in [4.69, 9.17) is 9.15 Å². The lowest BCUT2D eigenvalue weighted by molar-refractivity contribution is 0.0700. The number of amides is 1. The Morgan fingerprint density at radius 2 is 2.10 bits per heavy atom. The van der Waals surface area contributed by atoms with Crippen molar-refractivity contribution in [2.45, 2.75) is 18.9 Å². The Kier molecular flexibility index (Phi) is 4.31. The Morgan fingerprint density at radius 1 is 1.21 bits per heavy atom. The predicted molar refractivity (Wildman–Crippen MR) is 110 cm³/mol. The van der Waals surface area contributed by atoms with E-state index in [0.29, 0.717) is 12.3 Å². The summed E-state index contributed by atoms with van der Waals surface area (Å²) in [5.41, 5.74) is 2.63. The molecule has 2 aromatic heterocycles. The van der Waals surface area contributed by atoms with Gasteiger partial charge in [0, 0.05) is 17.5 Å². The number of aromatic amines is 1. The highest BCUT2D eigenvalue weighted by Crippen LogP contribution is 2.34. The maximum Gasteiger partial charge on any atom is 0.290 e. The summed E-state index contributed by atoms with van der Waals surface area (Å²) < 4.78 is 11.1. The molecule has 0 unspecified atom stereocenters. The Bertz CT molecular complexity index is 1140. The van der Waals surface area contributed by atoms with Crippen LogP contribution >= 0.6 is 0 Å². The number of nitrogens with one attached hydrogen (secondary N) is 1. The average Bonchev–Trinajstić information content (AvgIpc) is 3.51. The molecule has 1 fully saturated rings. The van der Waals surface area contributed by atoms with Crippen molar-refractivity contribution < 1.29 is 13.9 Å². The molecule has 5 rings (SSSR count). The molecule has 1 aliphatic heterocycles. The van der Waals surface area contributed by atoms with E-state index in [-0.39, 0.29) is 11.9 Å². The van der Waals surface area contributed by atoms with Crippen LogP contribution < -0.4 is 4.74 Å². The third-order valence-corrected chi connectivity index (χ3v) is 5.44. The molecular weight excluding hydrogens is 366 g/mol. The molecule has 4 aromatic rings. The first-order chi connectivity index (χ1) is 14.2. The maximum absolute atomic E-state index is 13.1. The van der Waals surface area contributed by atoms with Crippen LogP contribution in [0.25, 0.3) is 22.2 Å². The zero-order chi connectivity index (χ0) is 19.8. The number of hydrogen-bond acceptors (Lipinski definition) is 4. The number of aromatic nitrogens is 2. The standard InChI is InChI=1S/C23H21N3O3/c1-28-17-8-4-7-15(12-17)18-14-24-22(25-18)19-9-5-11-26(19)23(27)21-13-16-6-2-3-10-20(16)29-21/h2-4,6-8,10,12-14,19H,5,9,11H2,1H3,(H,24,25)/t19-/m0/s1. The number of para-hydroxylation sites is 1. The lowest BCUT2D eigenvalue weighted by Crippen LogP contribution is -2.30. The second-order valence-electron chi connectivity index (χ2n) is 7.22. The SMILES string of the molecule is COc1cccc(-c2cnc([C@@H]3CCCN3C(=O)c3cc4ccccc4o3)[nH]2)c1. The minimum atomic E-state index is -0.0944. The van der Waals surface area contributed by atoms with Crippen LogP contribution in [0.15, 0.2) is 65.2 Å². The minimum absolute atomic E-state index is 0.0879. The molecule has 1 aliphatic rings. The first-order valence-corrected chi connectivity index (χ1v) is 9.72. The fraction of sp³-hybridized carbons (Fsp3) is 0.217. The number of benzene rings is 2. The van der Waals surface area contributed by atoms with Crippen molar-refractivity contribution in [1.29, 1.82) is 0 Å². The molecule has 1 amide bonds. The van der Waals surface area contributed by atoms with Gasteiger partial charge in [0.25, 0.3) is 5.91 Å². The van der Waals surface area contributed by atoms with Gasteiger partial charge in [0.1, 0.15) is 17.2 Å². The smallest absolute Gasteiger partial charge is 0.290 e. The molecule has 0 spiro atoms. The van der Waals surface area contributed by atoms with Gasteiger partial charge < -0.3 is 19.0 Å². The Labute approximate surface area is 168 Å².